The minimum absolute atomic E-state index is 0.00271. The van der Waals surface area contributed by atoms with Crippen LogP contribution >= 0.6 is 11.6 Å². The van der Waals surface area contributed by atoms with E-state index in [0.29, 0.717) is 5.56 Å². The zero-order chi connectivity index (χ0) is 14.5. The average Bonchev–Trinajstić information content (AvgIpc) is 2.86. The molecule has 2 aromatic rings. The normalized spacial score (nSPS) is 9.75. The first-order valence-corrected chi connectivity index (χ1v) is 5.94. The third-order valence-electron chi connectivity index (χ3n) is 2.33. The molecule has 0 bridgehead atoms. The van der Waals surface area contributed by atoms with Crippen LogP contribution in [0.5, 0.6) is 0 Å². The molecule has 0 spiro atoms. The van der Waals surface area contributed by atoms with Crippen LogP contribution in [-0.2, 0) is 0 Å². The largest absolute Gasteiger partial charge is 0.440 e. The summed E-state index contributed by atoms with van der Waals surface area (Å²) < 4.78 is 18.7. The summed E-state index contributed by atoms with van der Waals surface area (Å²) >= 11 is 5.55. The number of aliphatic hydroxyl groups excluding tert-OH is 1. The molecule has 1 aromatic carbocycles. The second-order valence-electron chi connectivity index (χ2n) is 3.71. The van der Waals surface area contributed by atoms with E-state index in [4.69, 9.17) is 21.1 Å². The SMILES string of the molecule is O=C(Nc1ccc(C#CCO)cc1F)c1ccc(Cl)o1. The maximum atomic E-state index is 13.8. The molecule has 2 rings (SSSR count). The highest BCUT2D eigenvalue weighted by Crippen LogP contribution is 2.18. The van der Waals surface area contributed by atoms with Crippen molar-refractivity contribution in [2.45, 2.75) is 0 Å². The lowest BCUT2D eigenvalue weighted by Gasteiger charge is -2.04. The van der Waals surface area contributed by atoms with Crippen molar-refractivity contribution in [3.63, 3.8) is 0 Å². The maximum Gasteiger partial charge on any atom is 0.291 e. The van der Waals surface area contributed by atoms with Gasteiger partial charge in [0.25, 0.3) is 5.91 Å². The monoisotopic (exact) mass is 293 g/mol. The third kappa shape index (κ3) is 3.38. The van der Waals surface area contributed by atoms with Crippen molar-refractivity contribution < 1.29 is 18.7 Å². The summed E-state index contributed by atoms with van der Waals surface area (Å²) in [5.74, 6) is 3.70. The molecule has 20 heavy (non-hydrogen) atoms. The van der Waals surface area contributed by atoms with E-state index in [1.165, 1.54) is 24.3 Å². The molecule has 2 N–H and O–H groups in total. The summed E-state index contributed by atoms with van der Waals surface area (Å²) in [7, 11) is 0. The second kappa shape index (κ2) is 6.24. The number of carbonyl (C=O) groups excluding carboxylic acids is 1. The van der Waals surface area contributed by atoms with Crippen LogP contribution in [0.4, 0.5) is 10.1 Å². The predicted molar refractivity (Wildman–Crippen MR) is 72.0 cm³/mol. The van der Waals surface area contributed by atoms with Gasteiger partial charge in [0.15, 0.2) is 11.0 Å². The third-order valence-corrected chi connectivity index (χ3v) is 2.53. The minimum atomic E-state index is -0.638. The van der Waals surface area contributed by atoms with Crippen LogP contribution in [0.2, 0.25) is 5.22 Å². The van der Waals surface area contributed by atoms with Gasteiger partial charge < -0.3 is 14.8 Å². The second-order valence-corrected chi connectivity index (χ2v) is 4.08. The van der Waals surface area contributed by atoms with Crippen molar-refractivity contribution >= 4 is 23.2 Å². The molecule has 0 saturated heterocycles. The lowest BCUT2D eigenvalue weighted by atomic mass is 10.2. The quantitative estimate of drug-likeness (QED) is 0.837. The topological polar surface area (TPSA) is 62.5 Å². The fourth-order valence-electron chi connectivity index (χ4n) is 1.46. The highest BCUT2D eigenvalue weighted by atomic mass is 35.5. The summed E-state index contributed by atoms with van der Waals surface area (Å²) in [6, 6.07) is 6.86. The Kier molecular flexibility index (Phi) is 4.41. The van der Waals surface area contributed by atoms with Gasteiger partial charge in [-0.1, -0.05) is 11.8 Å². The molecule has 0 aliphatic heterocycles. The molecular formula is C14H9ClFNO3. The van der Waals surface area contributed by atoms with Crippen molar-refractivity contribution in [1.29, 1.82) is 0 Å². The Morgan fingerprint density at radius 3 is 2.80 bits per heavy atom. The van der Waals surface area contributed by atoms with Crippen LogP contribution < -0.4 is 5.32 Å². The van der Waals surface area contributed by atoms with E-state index in [0.717, 1.165) is 6.07 Å². The van der Waals surface area contributed by atoms with E-state index in [1.807, 2.05) is 0 Å². The summed E-state index contributed by atoms with van der Waals surface area (Å²) in [6.07, 6.45) is 0. The molecule has 0 unspecified atom stereocenters. The number of amides is 1. The summed E-state index contributed by atoms with van der Waals surface area (Å²) in [5, 5.41) is 11.0. The van der Waals surface area contributed by atoms with Crippen LogP contribution in [0.1, 0.15) is 16.1 Å². The molecular weight excluding hydrogens is 285 g/mol. The Hall–Kier alpha value is -2.29. The van der Waals surface area contributed by atoms with Gasteiger partial charge in [0.2, 0.25) is 0 Å². The van der Waals surface area contributed by atoms with E-state index in [-0.39, 0.29) is 23.3 Å². The van der Waals surface area contributed by atoms with E-state index in [1.54, 1.807) is 0 Å². The van der Waals surface area contributed by atoms with Crippen LogP contribution in [0.3, 0.4) is 0 Å². The zero-order valence-electron chi connectivity index (χ0n) is 10.1. The van der Waals surface area contributed by atoms with E-state index >= 15 is 0 Å². The average molecular weight is 294 g/mol. The van der Waals surface area contributed by atoms with Gasteiger partial charge in [-0.3, -0.25) is 4.79 Å². The van der Waals surface area contributed by atoms with Gasteiger partial charge in [0, 0.05) is 5.56 Å². The number of benzene rings is 1. The maximum absolute atomic E-state index is 13.8. The van der Waals surface area contributed by atoms with Gasteiger partial charge in [-0.2, -0.15) is 0 Å². The molecule has 0 fully saturated rings. The molecule has 1 heterocycles. The van der Waals surface area contributed by atoms with E-state index in [2.05, 4.69) is 17.2 Å². The summed E-state index contributed by atoms with van der Waals surface area (Å²) in [6.45, 7) is -0.306. The number of aliphatic hydroxyl groups is 1. The molecule has 4 nitrogen and oxygen atoms in total. The fourth-order valence-corrected chi connectivity index (χ4v) is 1.60. The molecule has 0 saturated carbocycles. The Morgan fingerprint density at radius 2 is 2.20 bits per heavy atom. The molecule has 0 atom stereocenters. The molecule has 0 radical (unpaired) electrons. The molecule has 0 aliphatic carbocycles. The number of anilines is 1. The smallest absolute Gasteiger partial charge is 0.291 e. The van der Waals surface area contributed by atoms with Crippen molar-refractivity contribution in [3.8, 4) is 11.8 Å². The molecule has 1 amide bonds. The van der Waals surface area contributed by atoms with E-state index in [9.17, 15) is 9.18 Å². The van der Waals surface area contributed by atoms with Crippen molar-refractivity contribution in [2.24, 2.45) is 0 Å². The van der Waals surface area contributed by atoms with Crippen LogP contribution in [0, 0.1) is 17.7 Å². The van der Waals surface area contributed by atoms with Crippen molar-refractivity contribution in [3.05, 3.63) is 52.7 Å². The molecule has 6 heteroatoms. The highest BCUT2D eigenvalue weighted by molar-refractivity contribution is 6.29. The van der Waals surface area contributed by atoms with Gasteiger partial charge in [-0.15, -0.1) is 0 Å². The first-order valence-electron chi connectivity index (χ1n) is 5.56. The molecule has 1 aromatic heterocycles. The Bertz CT molecular complexity index is 700. The standard InChI is InChI=1S/C14H9ClFNO3/c15-13-6-5-12(20-13)14(19)17-11-4-3-9(2-1-7-18)8-10(11)16/h3-6,8,18H,7H2,(H,17,19). The number of hydrogen-bond acceptors (Lipinski definition) is 3. The number of hydrogen-bond donors (Lipinski definition) is 2. The number of furan rings is 1. The van der Waals surface area contributed by atoms with E-state index < -0.39 is 11.7 Å². The van der Waals surface area contributed by atoms with Gasteiger partial charge >= 0.3 is 0 Å². The Labute approximate surface area is 119 Å². The summed E-state index contributed by atoms with van der Waals surface area (Å²) in [5.41, 5.74) is 0.396. The number of halogens is 2. The van der Waals surface area contributed by atoms with Crippen molar-refractivity contribution in [2.75, 3.05) is 11.9 Å². The summed E-state index contributed by atoms with van der Waals surface area (Å²) in [4.78, 5) is 11.7. The van der Waals surface area contributed by atoms with Crippen molar-refractivity contribution in [1.82, 2.24) is 0 Å². The number of carbonyl (C=O) groups is 1. The molecule has 0 aliphatic rings. The number of rotatable bonds is 2. The Balaban J connectivity index is 2.16. The molecule has 102 valence electrons. The predicted octanol–water partition coefficient (Wildman–Crippen LogP) is 2.67. The lowest BCUT2D eigenvalue weighted by molar-refractivity contribution is 0.0996. The van der Waals surface area contributed by atoms with Gasteiger partial charge in [0.1, 0.15) is 12.4 Å². The van der Waals surface area contributed by atoms with Crippen LogP contribution in [-0.4, -0.2) is 17.6 Å². The first kappa shape index (κ1) is 14.1. The Morgan fingerprint density at radius 1 is 1.40 bits per heavy atom. The zero-order valence-corrected chi connectivity index (χ0v) is 10.9. The highest BCUT2D eigenvalue weighted by Gasteiger charge is 2.13. The van der Waals surface area contributed by atoms with Gasteiger partial charge in [0.05, 0.1) is 5.69 Å². The van der Waals surface area contributed by atoms with Gasteiger partial charge in [-0.05, 0) is 41.9 Å². The minimum Gasteiger partial charge on any atom is -0.440 e. The fraction of sp³-hybridized carbons (Fsp3) is 0.0714. The first-order chi connectivity index (χ1) is 9.60. The van der Waals surface area contributed by atoms with Gasteiger partial charge in [-0.25, -0.2) is 4.39 Å². The number of nitrogens with one attached hydrogen (secondary N) is 1. The van der Waals surface area contributed by atoms with Crippen LogP contribution in [0.25, 0.3) is 0 Å². The lowest BCUT2D eigenvalue weighted by Crippen LogP contribution is -2.12. The van der Waals surface area contributed by atoms with Crippen LogP contribution in [0.15, 0.2) is 34.7 Å².